The summed E-state index contributed by atoms with van der Waals surface area (Å²) in [6.45, 7) is -0.448. The van der Waals surface area contributed by atoms with E-state index in [4.69, 9.17) is 27.3 Å². The van der Waals surface area contributed by atoms with E-state index in [0.29, 0.717) is 11.0 Å². The molecule has 0 aliphatic carbocycles. The van der Waals surface area contributed by atoms with Gasteiger partial charge in [0.1, 0.15) is 34.7 Å². The molecule has 2 aromatic heterocycles. The van der Waals surface area contributed by atoms with Gasteiger partial charge in [-0.2, -0.15) is 10.4 Å². The predicted molar refractivity (Wildman–Crippen MR) is 70.4 cm³/mol. The summed E-state index contributed by atoms with van der Waals surface area (Å²) in [7, 11) is 0. The Kier molecular flexibility index (Phi) is 3.44. The average Bonchev–Trinajstić information content (AvgIpc) is 2.99. The van der Waals surface area contributed by atoms with E-state index >= 15 is 0 Å². The quantitative estimate of drug-likeness (QED) is 0.516. The third kappa shape index (κ3) is 2.03. The van der Waals surface area contributed by atoms with Gasteiger partial charge in [0.05, 0.1) is 18.3 Å². The van der Waals surface area contributed by atoms with Gasteiger partial charge in [-0.3, -0.25) is 0 Å². The van der Waals surface area contributed by atoms with Gasteiger partial charge in [-0.25, -0.2) is 9.67 Å². The lowest BCUT2D eigenvalue weighted by atomic mass is 10.1. The number of nitrogens with one attached hydrogen (secondary N) is 1. The molecule has 3 rings (SSSR count). The van der Waals surface area contributed by atoms with Gasteiger partial charge >= 0.3 is 0 Å². The summed E-state index contributed by atoms with van der Waals surface area (Å²) >= 11 is 5.07. The first kappa shape index (κ1) is 14.1. The lowest BCUT2D eigenvalue weighted by Crippen LogP contribution is -2.33. The molecule has 0 aromatic carbocycles. The molecule has 0 amide bonds. The van der Waals surface area contributed by atoms with Crippen LogP contribution in [-0.4, -0.2) is 60.0 Å². The number of fused-ring (bicyclic) bond motifs is 1. The van der Waals surface area contributed by atoms with Crippen LogP contribution in [-0.2, 0) is 4.74 Å². The van der Waals surface area contributed by atoms with Gasteiger partial charge in [-0.1, -0.05) is 12.2 Å². The third-order valence-corrected chi connectivity index (χ3v) is 3.68. The Hall–Kier alpha value is -1.90. The Morgan fingerprint density at radius 3 is 2.86 bits per heavy atom. The van der Waals surface area contributed by atoms with E-state index in [1.165, 1.54) is 11.0 Å². The van der Waals surface area contributed by atoms with Gasteiger partial charge < -0.3 is 25.0 Å². The van der Waals surface area contributed by atoms with Crippen molar-refractivity contribution in [1.82, 2.24) is 19.7 Å². The molecular formula is C11H11N5O4S. The van der Waals surface area contributed by atoms with Crippen molar-refractivity contribution >= 4 is 23.3 Å². The van der Waals surface area contributed by atoms with Crippen molar-refractivity contribution in [3.05, 3.63) is 16.7 Å². The summed E-state index contributed by atoms with van der Waals surface area (Å²) in [5.41, 5.74) is 0.387. The second-order valence-corrected chi connectivity index (χ2v) is 4.95. The SMILES string of the molecule is N#Cc1nn(C2O[C@H](CO)[C@@H](O)[C@H]2O)c2[nH]cnc(=S)c12. The molecule has 0 bridgehead atoms. The Balaban J connectivity index is 2.17. The van der Waals surface area contributed by atoms with Crippen molar-refractivity contribution in [3.63, 3.8) is 0 Å². The molecule has 1 aliphatic rings. The van der Waals surface area contributed by atoms with Crippen LogP contribution in [0.15, 0.2) is 6.33 Å². The van der Waals surface area contributed by atoms with Crippen molar-refractivity contribution in [1.29, 1.82) is 5.26 Å². The van der Waals surface area contributed by atoms with Crippen LogP contribution in [0.25, 0.3) is 11.0 Å². The molecule has 1 aliphatic heterocycles. The predicted octanol–water partition coefficient (Wildman–Crippen LogP) is -1.03. The first-order valence-corrected chi connectivity index (χ1v) is 6.47. The number of H-pyrrole nitrogens is 1. The molecule has 9 nitrogen and oxygen atoms in total. The van der Waals surface area contributed by atoms with Crippen molar-refractivity contribution < 1.29 is 20.1 Å². The van der Waals surface area contributed by atoms with E-state index in [9.17, 15) is 10.2 Å². The van der Waals surface area contributed by atoms with Gasteiger partial charge in [0.25, 0.3) is 0 Å². The molecule has 10 heteroatoms. The summed E-state index contributed by atoms with van der Waals surface area (Å²) < 4.78 is 6.82. The van der Waals surface area contributed by atoms with Crippen LogP contribution < -0.4 is 0 Å². The molecule has 110 valence electrons. The largest absolute Gasteiger partial charge is 0.394 e. The fourth-order valence-corrected chi connectivity index (χ4v) is 2.58. The minimum absolute atomic E-state index is 0.0390. The molecule has 0 saturated carbocycles. The zero-order chi connectivity index (χ0) is 15.1. The minimum Gasteiger partial charge on any atom is -0.394 e. The van der Waals surface area contributed by atoms with Crippen molar-refractivity contribution in [2.75, 3.05) is 6.61 Å². The lowest BCUT2D eigenvalue weighted by molar-refractivity contribution is -0.0567. The number of rotatable bonds is 2. The average molecular weight is 309 g/mol. The molecular weight excluding hydrogens is 298 g/mol. The van der Waals surface area contributed by atoms with E-state index in [1.807, 2.05) is 6.07 Å². The smallest absolute Gasteiger partial charge is 0.181 e. The molecule has 21 heavy (non-hydrogen) atoms. The molecule has 3 heterocycles. The Bertz CT molecular complexity index is 781. The number of aliphatic hydroxyl groups excluding tert-OH is 3. The lowest BCUT2D eigenvalue weighted by Gasteiger charge is -2.15. The molecule has 4 atom stereocenters. The monoisotopic (exact) mass is 309 g/mol. The molecule has 4 N–H and O–H groups in total. The van der Waals surface area contributed by atoms with Crippen molar-refractivity contribution in [2.24, 2.45) is 0 Å². The normalized spacial score (nSPS) is 28.9. The fourth-order valence-electron chi connectivity index (χ4n) is 2.34. The van der Waals surface area contributed by atoms with Crippen LogP contribution in [0.3, 0.4) is 0 Å². The van der Waals surface area contributed by atoms with Crippen LogP contribution >= 0.6 is 12.2 Å². The van der Waals surface area contributed by atoms with Gasteiger partial charge in [0.2, 0.25) is 0 Å². The van der Waals surface area contributed by atoms with Crippen LogP contribution in [0.4, 0.5) is 0 Å². The maximum Gasteiger partial charge on any atom is 0.181 e. The standard InChI is InChI=1S/C11H11N5O4S/c12-1-4-6-9(13-3-14-10(6)21)16(15-4)11-8(19)7(18)5(2-17)20-11/h3,5,7-8,11,17-19H,2H2,(H,13,14,21)/t5-,7-,8-,11?/m1/s1. The highest BCUT2D eigenvalue weighted by Gasteiger charge is 2.44. The highest BCUT2D eigenvalue weighted by atomic mass is 32.1. The second kappa shape index (κ2) is 5.14. The van der Waals surface area contributed by atoms with Crippen molar-refractivity contribution in [3.8, 4) is 6.07 Å². The number of hydrogen-bond donors (Lipinski definition) is 4. The van der Waals surface area contributed by atoms with Crippen LogP contribution in [0.2, 0.25) is 0 Å². The first-order valence-electron chi connectivity index (χ1n) is 6.07. The summed E-state index contributed by atoms with van der Waals surface area (Å²) in [6.07, 6.45) is -3.19. The van der Waals surface area contributed by atoms with Gasteiger partial charge in [0, 0.05) is 0 Å². The number of nitriles is 1. The van der Waals surface area contributed by atoms with Gasteiger partial charge in [-0.05, 0) is 0 Å². The number of ether oxygens (including phenoxy) is 1. The number of aliphatic hydroxyl groups is 3. The first-order chi connectivity index (χ1) is 10.1. The fraction of sp³-hybridized carbons (Fsp3) is 0.455. The summed E-state index contributed by atoms with van der Waals surface area (Å²) in [5, 5.41) is 42.5. The van der Waals surface area contributed by atoms with E-state index in [1.54, 1.807) is 0 Å². The number of aromatic nitrogens is 4. The highest BCUT2D eigenvalue weighted by Crippen LogP contribution is 2.31. The Labute approximate surface area is 123 Å². The highest BCUT2D eigenvalue weighted by molar-refractivity contribution is 7.71. The maximum atomic E-state index is 10.0. The third-order valence-electron chi connectivity index (χ3n) is 3.37. The molecule has 1 saturated heterocycles. The van der Waals surface area contributed by atoms with Crippen molar-refractivity contribution in [2.45, 2.75) is 24.5 Å². The second-order valence-electron chi connectivity index (χ2n) is 4.57. The van der Waals surface area contributed by atoms with Gasteiger partial charge in [-0.15, -0.1) is 0 Å². The molecule has 2 aromatic rings. The summed E-state index contributed by atoms with van der Waals surface area (Å²) in [6, 6.07) is 1.90. The van der Waals surface area contributed by atoms with Crippen LogP contribution in [0, 0.1) is 16.0 Å². The maximum absolute atomic E-state index is 10.0. The summed E-state index contributed by atoms with van der Waals surface area (Å²) in [4.78, 5) is 6.68. The molecule has 0 spiro atoms. The minimum atomic E-state index is -1.30. The molecule has 1 unspecified atom stereocenters. The molecule has 0 radical (unpaired) electrons. The number of hydrogen-bond acceptors (Lipinski definition) is 8. The Morgan fingerprint density at radius 1 is 1.48 bits per heavy atom. The number of aromatic amines is 1. The summed E-state index contributed by atoms with van der Waals surface area (Å²) in [5.74, 6) is 0. The van der Waals surface area contributed by atoms with E-state index in [0.717, 1.165) is 0 Å². The van der Waals surface area contributed by atoms with Gasteiger partial charge in [0.15, 0.2) is 11.9 Å². The zero-order valence-corrected chi connectivity index (χ0v) is 11.4. The topological polar surface area (TPSA) is 140 Å². The van der Waals surface area contributed by atoms with Crippen LogP contribution in [0.5, 0.6) is 0 Å². The molecule has 1 fully saturated rings. The number of nitrogens with zero attached hydrogens (tertiary/aromatic N) is 4. The van der Waals surface area contributed by atoms with E-state index in [-0.39, 0.29) is 10.3 Å². The zero-order valence-electron chi connectivity index (χ0n) is 10.5. The Morgan fingerprint density at radius 2 is 2.24 bits per heavy atom. The van der Waals surface area contributed by atoms with Crippen LogP contribution in [0.1, 0.15) is 11.9 Å². The van der Waals surface area contributed by atoms with E-state index in [2.05, 4.69) is 15.1 Å². The van der Waals surface area contributed by atoms with E-state index < -0.39 is 31.1 Å².